The molecule has 158 valence electrons. The lowest BCUT2D eigenvalue weighted by molar-refractivity contribution is -0.130. The number of hydrogen-bond donors (Lipinski definition) is 1. The topological polar surface area (TPSA) is 49.4 Å². The van der Waals surface area contributed by atoms with Crippen molar-refractivity contribution in [2.24, 2.45) is 0 Å². The fraction of sp³-hybridized carbons (Fsp3) is 0.611. The molecule has 3 atom stereocenters. The highest BCUT2D eigenvalue weighted by Crippen LogP contribution is 2.28. The lowest BCUT2D eigenvalue weighted by atomic mass is 10.1. The highest BCUT2D eigenvalue weighted by Gasteiger charge is 2.29. The minimum absolute atomic E-state index is 0.0109. The molecular weight excluding hydrogens is 428 g/mol. The lowest BCUT2D eigenvalue weighted by Gasteiger charge is -2.29. The van der Waals surface area contributed by atoms with Gasteiger partial charge in [-0.05, 0) is 38.5 Å². The highest BCUT2D eigenvalue weighted by molar-refractivity contribution is 8.00. The summed E-state index contributed by atoms with van der Waals surface area (Å²) < 4.78 is 52.8. The van der Waals surface area contributed by atoms with Gasteiger partial charge in [-0.25, -0.2) is 13.2 Å². The monoisotopic (exact) mass is 454 g/mol. The predicted octanol–water partition coefficient (Wildman–Crippen LogP) is 3.67. The maximum absolute atomic E-state index is 14.0. The summed E-state index contributed by atoms with van der Waals surface area (Å²) >= 11 is 1.46. The second-order valence-corrected chi connectivity index (χ2v) is 10.9. The van der Waals surface area contributed by atoms with Crippen molar-refractivity contribution in [2.75, 3.05) is 35.7 Å². The minimum atomic E-state index is -3.10. The molecule has 1 N–H and O–H groups in total. The third kappa shape index (κ3) is 7.56. The number of nitrogens with one attached hydrogen (secondary N) is 1. The first-order valence-corrected chi connectivity index (χ1v) is 11.9. The van der Waals surface area contributed by atoms with E-state index in [1.165, 1.54) is 39.7 Å². The quantitative estimate of drug-likeness (QED) is 0.639. The number of nitrogens with zero attached hydrogens (tertiary/aromatic N) is 1. The Morgan fingerprint density at radius 1 is 1.36 bits per heavy atom. The number of thioether (sulfide) groups is 1. The van der Waals surface area contributed by atoms with Crippen LogP contribution in [0.5, 0.6) is 0 Å². The van der Waals surface area contributed by atoms with Gasteiger partial charge in [0.2, 0.25) is 5.91 Å². The largest absolute Gasteiger partial charge is 0.380 e. The molecule has 1 fully saturated rings. The third-order valence-electron chi connectivity index (χ3n) is 4.03. The molecule has 2 rings (SSSR count). The van der Waals surface area contributed by atoms with Gasteiger partial charge >= 0.3 is 0 Å². The SMILES string of the molecule is Cc1ccc(NC2CSCC(=O)N(CC(C)(C)F)C2)cc1S(=O)CC(F)(F)P. The average Bonchev–Trinajstić information content (AvgIpc) is 2.68. The Bertz CT molecular complexity index is 739. The summed E-state index contributed by atoms with van der Waals surface area (Å²) in [4.78, 5) is 14.1. The maximum Gasteiger partial charge on any atom is 0.270 e. The van der Waals surface area contributed by atoms with Crippen LogP contribution in [0.4, 0.5) is 18.9 Å². The van der Waals surface area contributed by atoms with Gasteiger partial charge in [0.25, 0.3) is 5.66 Å². The van der Waals surface area contributed by atoms with E-state index in [4.69, 9.17) is 0 Å². The number of carbonyl (C=O) groups excluding carboxylic acids is 1. The molecule has 1 aliphatic heterocycles. The van der Waals surface area contributed by atoms with Crippen molar-refractivity contribution >= 4 is 43.4 Å². The van der Waals surface area contributed by atoms with Gasteiger partial charge in [-0.1, -0.05) is 15.3 Å². The summed E-state index contributed by atoms with van der Waals surface area (Å²) in [5.41, 5.74) is -3.28. The average molecular weight is 455 g/mol. The van der Waals surface area contributed by atoms with Crippen LogP contribution in [0.25, 0.3) is 0 Å². The molecule has 0 saturated carbocycles. The van der Waals surface area contributed by atoms with Crippen LogP contribution in [0.15, 0.2) is 23.1 Å². The molecule has 0 bridgehead atoms. The van der Waals surface area contributed by atoms with Gasteiger partial charge in [0.05, 0.1) is 34.9 Å². The Kier molecular flexibility index (Phi) is 7.84. The van der Waals surface area contributed by atoms with Crippen LogP contribution >= 0.6 is 21.0 Å². The number of halogens is 3. The van der Waals surface area contributed by atoms with Crippen molar-refractivity contribution in [3.05, 3.63) is 23.8 Å². The molecule has 1 heterocycles. The van der Waals surface area contributed by atoms with Gasteiger partial charge in [0.15, 0.2) is 0 Å². The second kappa shape index (κ2) is 9.35. The van der Waals surface area contributed by atoms with Gasteiger partial charge in [-0.3, -0.25) is 9.00 Å². The van der Waals surface area contributed by atoms with Gasteiger partial charge in [0.1, 0.15) is 5.67 Å². The zero-order valence-corrected chi connectivity index (χ0v) is 18.9. The van der Waals surface area contributed by atoms with E-state index in [1.54, 1.807) is 25.1 Å². The molecule has 4 nitrogen and oxygen atoms in total. The molecule has 3 unspecified atom stereocenters. The van der Waals surface area contributed by atoms with E-state index >= 15 is 0 Å². The number of amides is 1. The first-order chi connectivity index (χ1) is 12.8. The van der Waals surface area contributed by atoms with Crippen molar-refractivity contribution in [3.8, 4) is 0 Å². The van der Waals surface area contributed by atoms with Gasteiger partial charge < -0.3 is 10.2 Å². The van der Waals surface area contributed by atoms with Crippen LogP contribution in [0.2, 0.25) is 0 Å². The molecule has 0 spiro atoms. The zero-order chi connectivity index (χ0) is 21.1. The van der Waals surface area contributed by atoms with E-state index in [0.717, 1.165) is 0 Å². The van der Waals surface area contributed by atoms with Crippen LogP contribution in [-0.4, -0.2) is 62.7 Å². The standard InChI is InChI=1S/C18H26F3N2O2PS2/c1-12-4-5-13(6-15(12)28(25)11-18(20,21)26)22-14-7-23(10-17(2,3)19)16(24)9-27-8-14/h4-6,14,22H,7-11,26H2,1-3H3. The molecule has 1 aromatic carbocycles. The minimum Gasteiger partial charge on any atom is -0.380 e. The highest BCUT2D eigenvalue weighted by atomic mass is 32.2. The van der Waals surface area contributed by atoms with E-state index in [2.05, 4.69) is 5.32 Å². The first-order valence-electron chi connectivity index (χ1n) is 8.81. The van der Waals surface area contributed by atoms with Gasteiger partial charge in [-0.15, -0.1) is 11.8 Å². The Labute approximate surface area is 173 Å². The van der Waals surface area contributed by atoms with E-state index in [0.29, 0.717) is 34.2 Å². The zero-order valence-electron chi connectivity index (χ0n) is 16.1. The fourth-order valence-electron chi connectivity index (χ4n) is 2.92. The normalized spacial score (nSPS) is 20.0. The number of alkyl halides is 3. The predicted molar refractivity (Wildman–Crippen MR) is 114 cm³/mol. The van der Waals surface area contributed by atoms with Crippen molar-refractivity contribution in [1.29, 1.82) is 0 Å². The molecule has 1 aliphatic rings. The maximum atomic E-state index is 14.0. The summed E-state index contributed by atoms with van der Waals surface area (Å²) in [5, 5.41) is 3.28. The summed E-state index contributed by atoms with van der Waals surface area (Å²) in [6, 6.07) is 5.00. The number of carbonyl (C=O) groups is 1. The third-order valence-corrected chi connectivity index (χ3v) is 7.20. The van der Waals surface area contributed by atoms with Crippen LogP contribution in [0, 0.1) is 6.92 Å². The molecule has 0 aromatic heterocycles. The Morgan fingerprint density at radius 3 is 2.64 bits per heavy atom. The first kappa shape index (κ1) is 23.5. The van der Waals surface area contributed by atoms with E-state index in [1.807, 2.05) is 0 Å². The number of benzene rings is 1. The second-order valence-electron chi connectivity index (χ2n) is 7.58. The molecule has 10 heteroatoms. The van der Waals surface area contributed by atoms with Crippen LogP contribution < -0.4 is 5.32 Å². The van der Waals surface area contributed by atoms with Crippen molar-refractivity contribution in [1.82, 2.24) is 4.90 Å². The summed E-state index contributed by atoms with van der Waals surface area (Å²) in [6.07, 6.45) is 0. The smallest absolute Gasteiger partial charge is 0.270 e. The molecule has 1 amide bonds. The molecule has 28 heavy (non-hydrogen) atoms. The van der Waals surface area contributed by atoms with E-state index < -0.39 is 27.9 Å². The van der Waals surface area contributed by atoms with Crippen LogP contribution in [-0.2, 0) is 15.6 Å². The molecular formula is C18H26F3N2O2PS2. The van der Waals surface area contributed by atoms with Gasteiger partial charge in [0, 0.05) is 22.9 Å². The number of hydrogen-bond acceptors (Lipinski definition) is 4. The fourth-order valence-corrected chi connectivity index (χ4v) is 5.51. The van der Waals surface area contributed by atoms with Crippen molar-refractivity contribution in [3.63, 3.8) is 0 Å². The van der Waals surface area contributed by atoms with E-state index in [-0.39, 0.29) is 18.5 Å². The summed E-state index contributed by atoms with van der Waals surface area (Å²) in [6.45, 7) is 4.95. The summed E-state index contributed by atoms with van der Waals surface area (Å²) in [7, 11) is -0.431. The lowest BCUT2D eigenvalue weighted by Crippen LogP contribution is -2.45. The Hall–Kier alpha value is -0.790. The van der Waals surface area contributed by atoms with Crippen molar-refractivity contribution in [2.45, 2.75) is 43.0 Å². The van der Waals surface area contributed by atoms with Crippen LogP contribution in [0.3, 0.4) is 0 Å². The molecule has 0 radical (unpaired) electrons. The Balaban J connectivity index is 2.14. The van der Waals surface area contributed by atoms with Crippen molar-refractivity contribution < 1.29 is 22.2 Å². The number of anilines is 1. The Morgan fingerprint density at radius 2 is 2.04 bits per heavy atom. The van der Waals surface area contributed by atoms with Gasteiger partial charge in [-0.2, -0.15) is 0 Å². The number of aryl methyl sites for hydroxylation is 1. The van der Waals surface area contributed by atoms with E-state index in [9.17, 15) is 22.2 Å². The molecule has 0 aliphatic carbocycles. The van der Waals surface area contributed by atoms with Crippen LogP contribution in [0.1, 0.15) is 19.4 Å². The molecule has 1 saturated heterocycles. The summed E-state index contributed by atoms with van der Waals surface area (Å²) in [5.74, 6) is 0.0640. The molecule has 1 aromatic rings. The number of rotatable bonds is 7.